The molecular weight excluding hydrogens is 434 g/mol. The van der Waals surface area contributed by atoms with Crippen LogP contribution >= 0.6 is 11.6 Å². The fraction of sp³-hybridized carbons (Fsp3) is 0.115. The van der Waals surface area contributed by atoms with E-state index < -0.39 is 0 Å². The molecule has 166 valence electrons. The number of anilines is 5. The molecule has 1 amide bonds. The van der Waals surface area contributed by atoms with E-state index in [0.717, 1.165) is 16.9 Å². The number of halogens is 1. The SMILES string of the molecule is Cc1ccc(Nc2nc(C)c(NC(=O)c3cccc(Cl)c3)c(Nc3ccc(C)cc3)n2)cc1. The molecule has 7 heteroatoms. The van der Waals surface area contributed by atoms with Crippen LogP contribution in [0.4, 0.5) is 28.8 Å². The van der Waals surface area contributed by atoms with Gasteiger partial charge in [0.1, 0.15) is 5.69 Å². The fourth-order valence-corrected chi connectivity index (χ4v) is 3.41. The highest BCUT2D eigenvalue weighted by Crippen LogP contribution is 2.29. The summed E-state index contributed by atoms with van der Waals surface area (Å²) in [6, 6.07) is 22.7. The van der Waals surface area contributed by atoms with Gasteiger partial charge in [-0.25, -0.2) is 4.98 Å². The highest BCUT2D eigenvalue weighted by atomic mass is 35.5. The van der Waals surface area contributed by atoms with Crippen LogP contribution in [0.2, 0.25) is 5.02 Å². The third-order valence-corrected chi connectivity index (χ3v) is 5.27. The van der Waals surface area contributed by atoms with Crippen LogP contribution < -0.4 is 16.0 Å². The first-order chi connectivity index (χ1) is 15.9. The molecule has 33 heavy (non-hydrogen) atoms. The first-order valence-corrected chi connectivity index (χ1v) is 10.9. The lowest BCUT2D eigenvalue weighted by molar-refractivity contribution is 0.102. The second-order valence-corrected chi connectivity index (χ2v) is 8.24. The Balaban J connectivity index is 1.69. The van der Waals surface area contributed by atoms with E-state index >= 15 is 0 Å². The minimum atomic E-state index is -0.296. The predicted octanol–water partition coefficient (Wildman–Crippen LogP) is 6.79. The molecule has 0 aliphatic rings. The van der Waals surface area contributed by atoms with Gasteiger partial charge in [0.25, 0.3) is 5.91 Å². The zero-order valence-electron chi connectivity index (χ0n) is 18.6. The highest BCUT2D eigenvalue weighted by molar-refractivity contribution is 6.31. The summed E-state index contributed by atoms with van der Waals surface area (Å²) in [6.45, 7) is 5.89. The Morgan fingerprint density at radius 1 is 0.788 bits per heavy atom. The molecule has 0 bridgehead atoms. The van der Waals surface area contributed by atoms with Gasteiger partial charge in [-0.2, -0.15) is 4.98 Å². The molecule has 6 nitrogen and oxygen atoms in total. The lowest BCUT2D eigenvalue weighted by Gasteiger charge is -2.16. The first-order valence-electron chi connectivity index (χ1n) is 10.5. The maximum absolute atomic E-state index is 12.9. The van der Waals surface area contributed by atoms with Crippen molar-refractivity contribution in [1.82, 2.24) is 9.97 Å². The van der Waals surface area contributed by atoms with Crippen molar-refractivity contribution in [3.63, 3.8) is 0 Å². The van der Waals surface area contributed by atoms with Crippen LogP contribution in [0.1, 0.15) is 27.2 Å². The molecule has 4 aromatic rings. The van der Waals surface area contributed by atoms with Crippen molar-refractivity contribution in [2.75, 3.05) is 16.0 Å². The van der Waals surface area contributed by atoms with Crippen molar-refractivity contribution < 1.29 is 4.79 Å². The number of aryl methyl sites for hydroxylation is 3. The molecule has 0 atom stereocenters. The molecule has 0 saturated heterocycles. The Morgan fingerprint density at radius 2 is 1.39 bits per heavy atom. The van der Waals surface area contributed by atoms with Crippen LogP contribution in [-0.2, 0) is 0 Å². The average molecular weight is 458 g/mol. The van der Waals surface area contributed by atoms with Crippen molar-refractivity contribution in [3.8, 4) is 0 Å². The standard InChI is InChI=1S/C26H24ClN5O/c1-16-7-11-21(12-8-16)29-24-23(31-25(33)19-5-4-6-20(27)15-19)18(3)28-26(32-24)30-22-13-9-17(2)10-14-22/h4-15H,1-3H3,(H,31,33)(H2,28,29,30,32). The van der Waals surface area contributed by atoms with Gasteiger partial charge in [0.05, 0.1) is 5.69 Å². The summed E-state index contributed by atoms with van der Waals surface area (Å²) in [7, 11) is 0. The molecule has 3 aromatic carbocycles. The molecule has 4 rings (SSSR count). The third kappa shape index (κ3) is 5.67. The van der Waals surface area contributed by atoms with Gasteiger partial charge in [-0.1, -0.05) is 53.1 Å². The van der Waals surface area contributed by atoms with E-state index in [4.69, 9.17) is 11.6 Å². The topological polar surface area (TPSA) is 78.9 Å². The van der Waals surface area contributed by atoms with Crippen LogP contribution in [0.3, 0.4) is 0 Å². The number of nitrogens with zero attached hydrogens (tertiary/aromatic N) is 2. The normalized spacial score (nSPS) is 10.5. The lowest BCUT2D eigenvalue weighted by atomic mass is 10.2. The van der Waals surface area contributed by atoms with E-state index in [1.54, 1.807) is 24.3 Å². The Bertz CT molecular complexity index is 1290. The summed E-state index contributed by atoms with van der Waals surface area (Å²) < 4.78 is 0. The number of carbonyl (C=O) groups is 1. The number of nitrogens with one attached hydrogen (secondary N) is 3. The number of carbonyl (C=O) groups excluding carboxylic acids is 1. The molecule has 3 N–H and O–H groups in total. The van der Waals surface area contributed by atoms with Gasteiger partial charge in [-0.3, -0.25) is 4.79 Å². The fourth-order valence-electron chi connectivity index (χ4n) is 3.22. The van der Waals surface area contributed by atoms with Crippen molar-refractivity contribution >= 4 is 46.3 Å². The van der Waals surface area contributed by atoms with E-state index in [9.17, 15) is 4.79 Å². The van der Waals surface area contributed by atoms with E-state index in [1.807, 2.05) is 69.3 Å². The van der Waals surface area contributed by atoms with Crippen LogP contribution in [0.25, 0.3) is 0 Å². The largest absolute Gasteiger partial charge is 0.338 e. The third-order valence-electron chi connectivity index (χ3n) is 5.04. The van der Waals surface area contributed by atoms with Gasteiger partial charge in [0.15, 0.2) is 5.82 Å². The van der Waals surface area contributed by atoms with Crippen LogP contribution in [0, 0.1) is 20.8 Å². The van der Waals surface area contributed by atoms with E-state index in [1.165, 1.54) is 5.56 Å². The summed E-state index contributed by atoms with van der Waals surface area (Å²) in [4.78, 5) is 22.1. The Hall–Kier alpha value is -3.90. The van der Waals surface area contributed by atoms with Gasteiger partial charge in [0, 0.05) is 22.0 Å². The second-order valence-electron chi connectivity index (χ2n) is 7.80. The molecule has 0 radical (unpaired) electrons. The Morgan fingerprint density at radius 3 is 2.00 bits per heavy atom. The van der Waals surface area contributed by atoms with E-state index in [0.29, 0.717) is 33.7 Å². The van der Waals surface area contributed by atoms with Crippen molar-refractivity contribution in [3.05, 3.63) is 100 Å². The van der Waals surface area contributed by atoms with Crippen molar-refractivity contribution in [2.24, 2.45) is 0 Å². The van der Waals surface area contributed by atoms with Crippen molar-refractivity contribution in [2.45, 2.75) is 20.8 Å². The average Bonchev–Trinajstić information content (AvgIpc) is 2.79. The molecule has 0 unspecified atom stereocenters. The van der Waals surface area contributed by atoms with E-state index in [2.05, 4.69) is 25.9 Å². The van der Waals surface area contributed by atoms with Crippen LogP contribution in [-0.4, -0.2) is 15.9 Å². The maximum atomic E-state index is 12.9. The summed E-state index contributed by atoms with van der Waals surface area (Å²) in [5.41, 5.74) is 5.59. The molecule has 0 aliphatic heterocycles. The molecule has 0 spiro atoms. The molecule has 0 saturated carbocycles. The minimum absolute atomic E-state index is 0.296. The predicted molar refractivity (Wildman–Crippen MR) is 135 cm³/mol. The Labute approximate surface area is 198 Å². The minimum Gasteiger partial charge on any atom is -0.338 e. The highest BCUT2D eigenvalue weighted by Gasteiger charge is 2.16. The lowest BCUT2D eigenvalue weighted by Crippen LogP contribution is -2.16. The molecule has 0 fully saturated rings. The van der Waals surface area contributed by atoms with Gasteiger partial charge in [-0.05, 0) is 63.2 Å². The zero-order chi connectivity index (χ0) is 23.4. The van der Waals surface area contributed by atoms with Gasteiger partial charge < -0.3 is 16.0 Å². The summed E-state index contributed by atoms with van der Waals surface area (Å²) in [5, 5.41) is 9.98. The smallest absolute Gasteiger partial charge is 0.255 e. The monoisotopic (exact) mass is 457 g/mol. The maximum Gasteiger partial charge on any atom is 0.255 e. The second kappa shape index (κ2) is 9.71. The summed E-state index contributed by atoms with van der Waals surface area (Å²) in [5.74, 6) is 0.610. The summed E-state index contributed by atoms with van der Waals surface area (Å²) in [6.07, 6.45) is 0. The number of rotatable bonds is 6. The zero-order valence-corrected chi connectivity index (χ0v) is 19.4. The quantitative estimate of drug-likeness (QED) is 0.297. The number of hydrogen-bond donors (Lipinski definition) is 3. The van der Waals surface area contributed by atoms with Crippen molar-refractivity contribution in [1.29, 1.82) is 0 Å². The molecular formula is C26H24ClN5O. The molecule has 1 aromatic heterocycles. The van der Waals surface area contributed by atoms with E-state index in [-0.39, 0.29) is 5.91 Å². The van der Waals surface area contributed by atoms with Gasteiger partial charge in [0.2, 0.25) is 5.95 Å². The summed E-state index contributed by atoms with van der Waals surface area (Å²) >= 11 is 6.06. The first kappa shape index (κ1) is 22.3. The van der Waals surface area contributed by atoms with Gasteiger partial charge in [-0.15, -0.1) is 0 Å². The van der Waals surface area contributed by atoms with Gasteiger partial charge >= 0.3 is 0 Å². The molecule has 1 heterocycles. The Kier molecular flexibility index (Phi) is 6.56. The molecule has 0 aliphatic carbocycles. The number of amides is 1. The number of benzene rings is 3. The number of hydrogen-bond acceptors (Lipinski definition) is 5. The number of aromatic nitrogens is 2. The van der Waals surface area contributed by atoms with Crippen LogP contribution in [0.15, 0.2) is 72.8 Å². The van der Waals surface area contributed by atoms with Crippen LogP contribution in [0.5, 0.6) is 0 Å².